The lowest BCUT2D eigenvalue weighted by Crippen LogP contribution is -2.47. The summed E-state index contributed by atoms with van der Waals surface area (Å²) in [6.45, 7) is -0.376. The summed E-state index contributed by atoms with van der Waals surface area (Å²) < 4.78 is 42.6. The zero-order valence-electron chi connectivity index (χ0n) is 9.25. The second kappa shape index (κ2) is 5.16. The van der Waals surface area contributed by atoms with Crippen LogP contribution in [0.15, 0.2) is 22.7 Å². The molecule has 1 rings (SSSR count). The van der Waals surface area contributed by atoms with E-state index in [0.717, 1.165) is 0 Å². The molecule has 0 radical (unpaired) electrons. The average Bonchev–Trinajstić information content (AvgIpc) is 2.25. The SMILES string of the molecule is CC(O)(COc1cc(Br)ccc1C#N)C(F)(F)F. The van der Waals surface area contributed by atoms with E-state index in [1.807, 2.05) is 0 Å². The van der Waals surface area contributed by atoms with Crippen molar-refractivity contribution in [1.29, 1.82) is 5.26 Å². The van der Waals surface area contributed by atoms with Crippen LogP contribution in [0.1, 0.15) is 12.5 Å². The van der Waals surface area contributed by atoms with Crippen LogP contribution in [0.5, 0.6) is 5.75 Å². The third-order valence-corrected chi connectivity index (χ3v) is 2.68. The summed E-state index contributed by atoms with van der Waals surface area (Å²) in [6, 6.07) is 6.12. The largest absolute Gasteiger partial charge is 0.489 e. The zero-order valence-corrected chi connectivity index (χ0v) is 10.8. The molecule has 0 heterocycles. The Labute approximate surface area is 110 Å². The van der Waals surface area contributed by atoms with Gasteiger partial charge in [0.25, 0.3) is 0 Å². The normalized spacial score (nSPS) is 14.7. The molecule has 0 spiro atoms. The van der Waals surface area contributed by atoms with Crippen LogP contribution in [-0.2, 0) is 0 Å². The van der Waals surface area contributed by atoms with Crippen molar-refractivity contribution in [3.8, 4) is 11.8 Å². The first-order valence-corrected chi connectivity index (χ1v) is 5.58. The number of nitrogens with zero attached hydrogens (tertiary/aromatic N) is 1. The minimum Gasteiger partial charge on any atom is -0.489 e. The summed E-state index contributed by atoms with van der Waals surface area (Å²) in [5, 5.41) is 18.0. The summed E-state index contributed by atoms with van der Waals surface area (Å²) in [5.41, 5.74) is -2.88. The molecule has 1 N–H and O–H groups in total. The summed E-state index contributed by atoms with van der Waals surface area (Å²) >= 11 is 3.11. The van der Waals surface area contributed by atoms with Gasteiger partial charge in [-0.05, 0) is 25.1 Å². The number of aliphatic hydroxyl groups is 1. The highest BCUT2D eigenvalue weighted by Crippen LogP contribution is 2.31. The van der Waals surface area contributed by atoms with Crippen molar-refractivity contribution in [2.24, 2.45) is 0 Å². The molecule has 1 aromatic carbocycles. The lowest BCUT2D eigenvalue weighted by molar-refractivity contribution is -0.260. The highest BCUT2D eigenvalue weighted by Gasteiger charge is 2.50. The smallest absolute Gasteiger partial charge is 0.420 e. The van der Waals surface area contributed by atoms with E-state index in [0.29, 0.717) is 11.4 Å². The van der Waals surface area contributed by atoms with Gasteiger partial charge >= 0.3 is 6.18 Å². The first kappa shape index (κ1) is 14.8. The molecule has 18 heavy (non-hydrogen) atoms. The van der Waals surface area contributed by atoms with Gasteiger partial charge in [-0.1, -0.05) is 15.9 Å². The summed E-state index contributed by atoms with van der Waals surface area (Å²) in [7, 11) is 0. The number of rotatable bonds is 3. The van der Waals surface area contributed by atoms with Gasteiger partial charge in [0.15, 0.2) is 5.60 Å². The topological polar surface area (TPSA) is 53.2 Å². The monoisotopic (exact) mass is 323 g/mol. The minimum atomic E-state index is -4.80. The molecule has 0 saturated heterocycles. The van der Waals surface area contributed by atoms with Crippen LogP contribution in [0.4, 0.5) is 13.2 Å². The van der Waals surface area contributed by atoms with Gasteiger partial charge in [-0.25, -0.2) is 0 Å². The Balaban J connectivity index is 2.88. The van der Waals surface area contributed by atoms with E-state index in [1.165, 1.54) is 12.1 Å². The summed E-state index contributed by atoms with van der Waals surface area (Å²) in [5.74, 6) is -0.0172. The fourth-order valence-corrected chi connectivity index (χ4v) is 1.35. The number of ether oxygens (including phenoxy) is 1. The predicted molar refractivity (Wildman–Crippen MR) is 61.0 cm³/mol. The zero-order chi connectivity index (χ0) is 14.0. The van der Waals surface area contributed by atoms with Gasteiger partial charge in [0.2, 0.25) is 0 Å². The lowest BCUT2D eigenvalue weighted by Gasteiger charge is -2.26. The maximum atomic E-state index is 12.4. The third-order valence-electron chi connectivity index (χ3n) is 2.18. The van der Waals surface area contributed by atoms with E-state index < -0.39 is 18.4 Å². The molecule has 0 fully saturated rings. The van der Waals surface area contributed by atoms with Crippen molar-refractivity contribution < 1.29 is 23.0 Å². The molecule has 98 valence electrons. The van der Waals surface area contributed by atoms with Crippen LogP contribution >= 0.6 is 15.9 Å². The van der Waals surface area contributed by atoms with E-state index in [9.17, 15) is 18.3 Å². The molecule has 0 aliphatic carbocycles. The number of nitriles is 1. The van der Waals surface area contributed by atoms with Gasteiger partial charge in [-0.3, -0.25) is 0 Å². The standard InChI is InChI=1S/C11H9BrF3NO2/c1-10(17,11(13,14)15)6-18-9-4-8(12)3-2-7(9)5-16/h2-4,17H,6H2,1H3. The van der Waals surface area contributed by atoms with Crippen LogP contribution in [-0.4, -0.2) is 23.5 Å². The molecule has 0 amide bonds. The molecule has 0 aromatic heterocycles. The highest BCUT2D eigenvalue weighted by molar-refractivity contribution is 9.10. The second-order valence-corrected chi connectivity index (χ2v) is 4.73. The number of hydrogen-bond donors (Lipinski definition) is 1. The minimum absolute atomic E-state index is 0.0172. The fraction of sp³-hybridized carbons (Fsp3) is 0.364. The predicted octanol–water partition coefficient (Wildman–Crippen LogP) is 3.01. The van der Waals surface area contributed by atoms with Gasteiger partial charge in [0.1, 0.15) is 18.4 Å². The molecule has 0 aliphatic heterocycles. The van der Waals surface area contributed by atoms with E-state index in [-0.39, 0.29) is 11.3 Å². The van der Waals surface area contributed by atoms with Gasteiger partial charge < -0.3 is 9.84 Å². The van der Waals surface area contributed by atoms with Crippen molar-refractivity contribution in [1.82, 2.24) is 0 Å². The second-order valence-electron chi connectivity index (χ2n) is 3.81. The number of hydrogen-bond acceptors (Lipinski definition) is 3. The van der Waals surface area contributed by atoms with Gasteiger partial charge in [-0.15, -0.1) is 0 Å². The summed E-state index contributed by atoms with van der Waals surface area (Å²) in [6.07, 6.45) is -4.80. The maximum absolute atomic E-state index is 12.4. The first-order chi connectivity index (χ1) is 8.17. The van der Waals surface area contributed by atoms with Gasteiger partial charge in [-0.2, -0.15) is 18.4 Å². The van der Waals surface area contributed by atoms with Crippen LogP contribution < -0.4 is 4.74 Å². The van der Waals surface area contributed by atoms with Crippen LogP contribution in [0.3, 0.4) is 0 Å². The van der Waals surface area contributed by atoms with Crippen LogP contribution in [0, 0.1) is 11.3 Å². The van der Waals surface area contributed by atoms with Crippen molar-refractivity contribution in [2.45, 2.75) is 18.7 Å². The number of benzene rings is 1. The molecular formula is C11H9BrF3NO2. The van der Waals surface area contributed by atoms with E-state index >= 15 is 0 Å². The van der Waals surface area contributed by atoms with Crippen molar-refractivity contribution in [3.05, 3.63) is 28.2 Å². The van der Waals surface area contributed by atoms with E-state index in [2.05, 4.69) is 15.9 Å². The Morgan fingerprint density at radius 2 is 2.06 bits per heavy atom. The van der Waals surface area contributed by atoms with Crippen molar-refractivity contribution >= 4 is 15.9 Å². The first-order valence-electron chi connectivity index (χ1n) is 4.79. The Bertz CT molecular complexity index is 480. The number of halogens is 4. The Morgan fingerprint density at radius 3 is 2.56 bits per heavy atom. The molecule has 1 unspecified atom stereocenters. The highest BCUT2D eigenvalue weighted by atomic mass is 79.9. The lowest BCUT2D eigenvalue weighted by atomic mass is 10.1. The fourth-order valence-electron chi connectivity index (χ4n) is 1.01. The molecule has 0 aliphatic rings. The molecule has 1 aromatic rings. The molecule has 7 heteroatoms. The molecule has 0 bridgehead atoms. The average molecular weight is 324 g/mol. The molecule has 0 saturated carbocycles. The van der Waals surface area contributed by atoms with Gasteiger partial charge in [0.05, 0.1) is 5.56 Å². The Hall–Kier alpha value is -1.26. The van der Waals surface area contributed by atoms with E-state index in [1.54, 1.807) is 12.1 Å². The molecule has 1 atom stereocenters. The van der Waals surface area contributed by atoms with Gasteiger partial charge in [0, 0.05) is 4.47 Å². The van der Waals surface area contributed by atoms with Crippen molar-refractivity contribution in [3.63, 3.8) is 0 Å². The van der Waals surface area contributed by atoms with E-state index in [4.69, 9.17) is 10.00 Å². The van der Waals surface area contributed by atoms with Crippen LogP contribution in [0.25, 0.3) is 0 Å². The van der Waals surface area contributed by atoms with Crippen LogP contribution in [0.2, 0.25) is 0 Å². The Kier molecular flexibility index (Phi) is 4.24. The van der Waals surface area contributed by atoms with Crippen molar-refractivity contribution in [2.75, 3.05) is 6.61 Å². The third kappa shape index (κ3) is 3.37. The number of alkyl halides is 3. The quantitative estimate of drug-likeness (QED) is 0.930. The Morgan fingerprint density at radius 1 is 1.44 bits per heavy atom. The maximum Gasteiger partial charge on any atom is 0.420 e. The molecule has 3 nitrogen and oxygen atoms in total. The summed E-state index contributed by atoms with van der Waals surface area (Å²) in [4.78, 5) is 0. The molecular weight excluding hydrogens is 315 g/mol.